The van der Waals surface area contributed by atoms with Crippen molar-refractivity contribution in [2.45, 2.75) is 26.8 Å². The number of nitro groups is 1. The summed E-state index contributed by atoms with van der Waals surface area (Å²) < 4.78 is 1.52. The second-order valence-electron chi connectivity index (χ2n) is 4.89. The van der Waals surface area contributed by atoms with Crippen LogP contribution in [-0.4, -0.2) is 14.7 Å². The average molecular weight is 274 g/mol. The summed E-state index contributed by atoms with van der Waals surface area (Å²) in [5, 5.41) is 18.5. The zero-order valence-electron chi connectivity index (χ0n) is 12.0. The largest absolute Gasteiger partial charge is 0.358 e. The van der Waals surface area contributed by atoms with Gasteiger partial charge in [0, 0.05) is 7.05 Å². The van der Waals surface area contributed by atoms with E-state index in [0.29, 0.717) is 11.5 Å². The predicted octanol–water partition coefficient (Wildman–Crippen LogP) is 3.12. The van der Waals surface area contributed by atoms with Crippen LogP contribution >= 0.6 is 0 Å². The van der Waals surface area contributed by atoms with Crippen molar-refractivity contribution in [1.82, 2.24) is 9.78 Å². The number of benzene rings is 1. The third kappa shape index (κ3) is 2.49. The molecule has 0 saturated heterocycles. The van der Waals surface area contributed by atoms with E-state index in [0.717, 1.165) is 11.1 Å². The molecule has 6 nitrogen and oxygen atoms in total. The van der Waals surface area contributed by atoms with E-state index in [2.05, 4.69) is 10.4 Å². The Morgan fingerprint density at radius 2 is 2.00 bits per heavy atom. The zero-order chi connectivity index (χ0) is 14.9. The maximum Gasteiger partial charge on any atom is 0.333 e. The van der Waals surface area contributed by atoms with E-state index in [4.69, 9.17) is 0 Å². The van der Waals surface area contributed by atoms with Crippen LogP contribution in [0.25, 0.3) is 0 Å². The van der Waals surface area contributed by atoms with Gasteiger partial charge < -0.3 is 5.32 Å². The monoisotopic (exact) mass is 274 g/mol. The van der Waals surface area contributed by atoms with E-state index in [9.17, 15) is 10.1 Å². The minimum Gasteiger partial charge on any atom is -0.358 e. The average Bonchev–Trinajstić information content (AvgIpc) is 2.64. The molecule has 1 aromatic heterocycles. The molecule has 6 heteroatoms. The fourth-order valence-electron chi connectivity index (χ4n) is 2.38. The highest BCUT2D eigenvalue weighted by Crippen LogP contribution is 2.31. The standard InChI is InChI=1S/C14H18N4O2/c1-9-7-5-6-8-12(9)10(2)15-14-13(18(19)20)11(3)16-17(14)4/h5-8,10,15H,1-4H3/t10-/m0/s1. The maximum atomic E-state index is 11.2. The topological polar surface area (TPSA) is 73.0 Å². The van der Waals surface area contributed by atoms with Crippen LogP contribution in [0, 0.1) is 24.0 Å². The predicted molar refractivity (Wildman–Crippen MR) is 77.8 cm³/mol. The van der Waals surface area contributed by atoms with E-state index in [1.54, 1.807) is 14.0 Å². The van der Waals surface area contributed by atoms with Gasteiger partial charge in [-0.3, -0.25) is 10.1 Å². The first-order valence-corrected chi connectivity index (χ1v) is 6.42. The van der Waals surface area contributed by atoms with E-state index >= 15 is 0 Å². The number of rotatable bonds is 4. The summed E-state index contributed by atoms with van der Waals surface area (Å²) in [6.45, 7) is 5.65. The van der Waals surface area contributed by atoms with Crippen molar-refractivity contribution in [3.8, 4) is 0 Å². The van der Waals surface area contributed by atoms with Gasteiger partial charge in [0.1, 0.15) is 5.69 Å². The normalized spacial score (nSPS) is 12.2. The van der Waals surface area contributed by atoms with Crippen molar-refractivity contribution >= 4 is 11.5 Å². The summed E-state index contributed by atoms with van der Waals surface area (Å²) >= 11 is 0. The quantitative estimate of drug-likeness (QED) is 0.686. The third-order valence-corrected chi connectivity index (χ3v) is 3.38. The van der Waals surface area contributed by atoms with Crippen LogP contribution in [0.1, 0.15) is 29.8 Å². The Hall–Kier alpha value is -2.37. The molecule has 106 valence electrons. The van der Waals surface area contributed by atoms with Crippen LogP contribution in [0.15, 0.2) is 24.3 Å². The molecule has 1 atom stereocenters. The van der Waals surface area contributed by atoms with Crippen LogP contribution in [0.2, 0.25) is 0 Å². The number of nitrogens with zero attached hydrogens (tertiary/aromatic N) is 3. The maximum absolute atomic E-state index is 11.2. The minimum atomic E-state index is -0.394. The summed E-state index contributed by atoms with van der Waals surface area (Å²) in [6.07, 6.45) is 0. The van der Waals surface area contributed by atoms with Gasteiger partial charge in [-0.2, -0.15) is 5.10 Å². The Kier molecular flexibility index (Phi) is 3.74. The van der Waals surface area contributed by atoms with Gasteiger partial charge in [-0.1, -0.05) is 24.3 Å². The van der Waals surface area contributed by atoms with Crippen LogP contribution in [-0.2, 0) is 7.05 Å². The first kappa shape index (κ1) is 14.0. The number of aromatic nitrogens is 2. The molecule has 1 heterocycles. The molecule has 0 bridgehead atoms. The zero-order valence-corrected chi connectivity index (χ0v) is 12.0. The van der Waals surface area contributed by atoms with Crippen LogP contribution in [0.5, 0.6) is 0 Å². The Balaban J connectivity index is 2.36. The fourth-order valence-corrected chi connectivity index (χ4v) is 2.38. The summed E-state index contributed by atoms with van der Waals surface area (Å²) in [7, 11) is 1.70. The van der Waals surface area contributed by atoms with Gasteiger partial charge >= 0.3 is 5.69 Å². The molecule has 20 heavy (non-hydrogen) atoms. The molecule has 2 rings (SSSR count). The SMILES string of the molecule is Cc1ccccc1[C@H](C)Nc1c([N+](=O)[O-])c(C)nn1C. The second kappa shape index (κ2) is 5.32. The lowest BCUT2D eigenvalue weighted by molar-refractivity contribution is -0.384. The smallest absolute Gasteiger partial charge is 0.333 e. The highest BCUT2D eigenvalue weighted by atomic mass is 16.6. The van der Waals surface area contributed by atoms with Gasteiger partial charge in [0.15, 0.2) is 0 Å². The molecule has 0 aliphatic heterocycles. The molecule has 2 aromatic rings. The van der Waals surface area contributed by atoms with Gasteiger partial charge in [-0.05, 0) is 31.9 Å². The van der Waals surface area contributed by atoms with Gasteiger partial charge in [-0.25, -0.2) is 4.68 Å². The summed E-state index contributed by atoms with van der Waals surface area (Å²) in [4.78, 5) is 10.8. The lowest BCUT2D eigenvalue weighted by Crippen LogP contribution is -2.12. The van der Waals surface area contributed by atoms with Crippen LogP contribution in [0.4, 0.5) is 11.5 Å². The van der Waals surface area contributed by atoms with E-state index in [-0.39, 0.29) is 11.7 Å². The summed E-state index contributed by atoms with van der Waals surface area (Å²) in [5.74, 6) is 0.434. The van der Waals surface area contributed by atoms with Crippen molar-refractivity contribution in [2.75, 3.05) is 5.32 Å². The molecule has 0 saturated carbocycles. The Morgan fingerprint density at radius 3 is 2.60 bits per heavy atom. The third-order valence-electron chi connectivity index (χ3n) is 3.38. The molecular formula is C14H18N4O2. The highest BCUT2D eigenvalue weighted by molar-refractivity contribution is 5.60. The molecule has 0 aliphatic rings. The first-order valence-electron chi connectivity index (χ1n) is 6.42. The Bertz CT molecular complexity index is 649. The molecule has 0 fully saturated rings. The number of aryl methyl sites for hydroxylation is 3. The minimum absolute atomic E-state index is 0.0351. The van der Waals surface area contributed by atoms with Crippen molar-refractivity contribution in [1.29, 1.82) is 0 Å². The lowest BCUT2D eigenvalue weighted by atomic mass is 10.0. The molecular weight excluding hydrogens is 256 g/mol. The van der Waals surface area contributed by atoms with Gasteiger partial charge in [0.25, 0.3) is 0 Å². The number of hydrogen-bond acceptors (Lipinski definition) is 4. The number of nitrogens with one attached hydrogen (secondary N) is 1. The van der Waals surface area contributed by atoms with Crippen molar-refractivity contribution in [3.63, 3.8) is 0 Å². The molecule has 0 radical (unpaired) electrons. The van der Waals surface area contributed by atoms with Gasteiger partial charge in [-0.15, -0.1) is 0 Å². The second-order valence-corrected chi connectivity index (χ2v) is 4.89. The molecule has 1 aromatic carbocycles. The summed E-state index contributed by atoms with van der Waals surface area (Å²) in [5.41, 5.74) is 2.71. The number of anilines is 1. The summed E-state index contributed by atoms with van der Waals surface area (Å²) in [6, 6.07) is 7.94. The molecule has 0 unspecified atom stereocenters. The van der Waals surface area contributed by atoms with E-state index in [1.807, 2.05) is 38.1 Å². The van der Waals surface area contributed by atoms with Gasteiger partial charge in [0.2, 0.25) is 5.82 Å². The lowest BCUT2D eigenvalue weighted by Gasteiger charge is -2.17. The molecule has 0 spiro atoms. The van der Waals surface area contributed by atoms with Crippen molar-refractivity contribution in [3.05, 3.63) is 51.2 Å². The Labute approximate surface area is 117 Å². The molecule has 0 amide bonds. The number of hydrogen-bond donors (Lipinski definition) is 1. The Morgan fingerprint density at radius 1 is 1.35 bits per heavy atom. The molecule has 0 aliphatic carbocycles. The van der Waals surface area contributed by atoms with Crippen LogP contribution < -0.4 is 5.32 Å². The van der Waals surface area contributed by atoms with E-state index in [1.165, 1.54) is 4.68 Å². The van der Waals surface area contributed by atoms with Crippen molar-refractivity contribution < 1.29 is 4.92 Å². The van der Waals surface area contributed by atoms with Crippen LogP contribution in [0.3, 0.4) is 0 Å². The molecule has 1 N–H and O–H groups in total. The fraction of sp³-hybridized carbons (Fsp3) is 0.357. The van der Waals surface area contributed by atoms with Crippen molar-refractivity contribution in [2.24, 2.45) is 7.05 Å². The van der Waals surface area contributed by atoms with Gasteiger partial charge in [0.05, 0.1) is 11.0 Å². The van der Waals surface area contributed by atoms with E-state index < -0.39 is 4.92 Å². The first-order chi connectivity index (χ1) is 9.41. The highest BCUT2D eigenvalue weighted by Gasteiger charge is 2.25.